The molecule has 5 nitrogen and oxygen atoms in total. The second-order valence-electron chi connectivity index (χ2n) is 7.53. The maximum atomic E-state index is 13.8. The molecule has 1 aromatic rings. The van der Waals surface area contributed by atoms with E-state index in [1.165, 1.54) is 13.2 Å². The molecule has 3 rings (SSSR count). The summed E-state index contributed by atoms with van der Waals surface area (Å²) in [5.41, 5.74) is 0.647. The van der Waals surface area contributed by atoms with Crippen LogP contribution >= 0.6 is 0 Å². The molecule has 0 aromatic heterocycles. The van der Waals surface area contributed by atoms with Crippen molar-refractivity contribution in [3.63, 3.8) is 0 Å². The second-order valence-corrected chi connectivity index (χ2v) is 7.53. The number of carbonyl (C=O) groups excluding carboxylic acids is 1. The first-order chi connectivity index (χ1) is 13.0. The number of carbonyl (C=O) groups is 1. The van der Waals surface area contributed by atoms with Gasteiger partial charge in [-0.3, -0.25) is 9.69 Å². The molecule has 148 valence electrons. The number of ether oxygens (including phenoxy) is 2. The first kappa shape index (κ1) is 19.8. The van der Waals surface area contributed by atoms with Crippen LogP contribution in [0.1, 0.15) is 32.3 Å². The Kier molecular flexibility index (Phi) is 6.50. The van der Waals surface area contributed by atoms with Gasteiger partial charge in [0.1, 0.15) is 0 Å². The van der Waals surface area contributed by atoms with Crippen LogP contribution in [0.3, 0.4) is 0 Å². The lowest BCUT2D eigenvalue weighted by molar-refractivity contribution is -0.127. The summed E-state index contributed by atoms with van der Waals surface area (Å²) in [7, 11) is 1.43. The van der Waals surface area contributed by atoms with Gasteiger partial charge in [-0.2, -0.15) is 0 Å². The normalized spacial score (nSPS) is 26.7. The number of amides is 1. The predicted octanol–water partition coefficient (Wildman–Crippen LogP) is 2.95. The first-order valence-electron chi connectivity index (χ1n) is 9.66. The van der Waals surface area contributed by atoms with Crippen molar-refractivity contribution in [2.45, 2.75) is 44.9 Å². The van der Waals surface area contributed by atoms with Gasteiger partial charge < -0.3 is 14.4 Å². The van der Waals surface area contributed by atoms with Crippen molar-refractivity contribution in [1.29, 1.82) is 0 Å². The fourth-order valence-electron chi connectivity index (χ4n) is 4.10. The van der Waals surface area contributed by atoms with Gasteiger partial charge in [0.15, 0.2) is 11.6 Å². The van der Waals surface area contributed by atoms with E-state index in [2.05, 4.69) is 18.7 Å². The summed E-state index contributed by atoms with van der Waals surface area (Å²) in [5, 5.41) is 0. The summed E-state index contributed by atoms with van der Waals surface area (Å²) in [4.78, 5) is 17.0. The van der Waals surface area contributed by atoms with Gasteiger partial charge in [0, 0.05) is 38.3 Å². The Morgan fingerprint density at radius 3 is 2.74 bits per heavy atom. The highest BCUT2D eigenvalue weighted by Crippen LogP contribution is 2.22. The van der Waals surface area contributed by atoms with Gasteiger partial charge in [-0.25, -0.2) is 4.39 Å². The Morgan fingerprint density at radius 1 is 1.33 bits per heavy atom. The maximum absolute atomic E-state index is 13.8. The molecule has 0 N–H and O–H groups in total. The standard InChI is InChI=1S/C21H29FN2O3/c1-15-12-23(13-16(2)27-15)14-18-5-4-10-24(18)21(25)9-7-17-6-8-20(26-3)19(22)11-17/h6-9,11,15-16,18H,4-5,10,12-14H2,1-3H3. The molecule has 2 aliphatic rings. The minimum atomic E-state index is -0.429. The number of morpholine rings is 1. The van der Waals surface area contributed by atoms with Gasteiger partial charge in [0.25, 0.3) is 0 Å². The molecule has 0 aliphatic carbocycles. The van der Waals surface area contributed by atoms with Gasteiger partial charge in [-0.15, -0.1) is 0 Å². The quantitative estimate of drug-likeness (QED) is 0.741. The fourth-order valence-corrected chi connectivity index (χ4v) is 4.10. The molecule has 1 amide bonds. The van der Waals surface area contributed by atoms with Crippen LogP contribution in [0.2, 0.25) is 0 Å². The second kappa shape index (κ2) is 8.85. The molecule has 27 heavy (non-hydrogen) atoms. The molecule has 0 saturated carbocycles. The van der Waals surface area contributed by atoms with Gasteiger partial charge in [0.2, 0.25) is 5.91 Å². The molecule has 0 radical (unpaired) electrons. The van der Waals surface area contributed by atoms with E-state index in [-0.39, 0.29) is 29.9 Å². The molecule has 2 fully saturated rings. The lowest BCUT2D eigenvalue weighted by Gasteiger charge is -2.38. The zero-order valence-electron chi connectivity index (χ0n) is 16.4. The Bertz CT molecular complexity index is 684. The van der Waals surface area contributed by atoms with Crippen LogP contribution in [0, 0.1) is 5.82 Å². The number of rotatable bonds is 5. The van der Waals surface area contributed by atoms with Crippen LogP contribution in [-0.2, 0) is 9.53 Å². The number of halogens is 1. The van der Waals surface area contributed by atoms with E-state index in [9.17, 15) is 9.18 Å². The smallest absolute Gasteiger partial charge is 0.246 e. The van der Waals surface area contributed by atoms with Crippen LogP contribution in [-0.4, -0.2) is 67.2 Å². The number of hydrogen-bond acceptors (Lipinski definition) is 4. The van der Waals surface area contributed by atoms with Gasteiger partial charge in [-0.1, -0.05) is 6.07 Å². The summed E-state index contributed by atoms with van der Waals surface area (Å²) in [6, 6.07) is 4.91. The largest absolute Gasteiger partial charge is 0.494 e. The van der Waals surface area contributed by atoms with Crippen molar-refractivity contribution in [2.24, 2.45) is 0 Å². The number of hydrogen-bond donors (Lipinski definition) is 0. The van der Waals surface area contributed by atoms with Crippen LogP contribution in [0.5, 0.6) is 5.75 Å². The average molecular weight is 376 g/mol. The van der Waals surface area contributed by atoms with Gasteiger partial charge in [-0.05, 0) is 50.5 Å². The lowest BCUT2D eigenvalue weighted by atomic mass is 10.1. The van der Waals surface area contributed by atoms with Gasteiger partial charge in [0.05, 0.1) is 19.3 Å². The van der Waals surface area contributed by atoms with Crippen LogP contribution in [0.15, 0.2) is 24.3 Å². The summed E-state index contributed by atoms with van der Waals surface area (Å²) in [6.45, 7) is 7.66. The monoisotopic (exact) mass is 376 g/mol. The van der Waals surface area contributed by atoms with E-state index < -0.39 is 5.82 Å². The third-order valence-electron chi connectivity index (χ3n) is 5.22. The number of benzene rings is 1. The van der Waals surface area contributed by atoms with E-state index in [1.807, 2.05) is 4.90 Å². The highest BCUT2D eigenvalue weighted by Gasteiger charge is 2.31. The summed E-state index contributed by atoms with van der Waals surface area (Å²) in [6.07, 6.45) is 5.71. The molecular weight excluding hydrogens is 347 g/mol. The first-order valence-corrected chi connectivity index (χ1v) is 9.66. The Labute approximate surface area is 160 Å². The third kappa shape index (κ3) is 5.08. The molecule has 3 atom stereocenters. The Balaban J connectivity index is 1.60. The van der Waals surface area contributed by atoms with E-state index in [1.54, 1.807) is 24.3 Å². The molecule has 1 aromatic carbocycles. The third-order valence-corrected chi connectivity index (χ3v) is 5.22. The van der Waals surface area contributed by atoms with Crippen molar-refractivity contribution in [1.82, 2.24) is 9.80 Å². The number of likely N-dealkylation sites (tertiary alicyclic amines) is 1. The highest BCUT2D eigenvalue weighted by atomic mass is 19.1. The number of nitrogens with zero attached hydrogens (tertiary/aromatic N) is 2. The minimum Gasteiger partial charge on any atom is -0.494 e. The average Bonchev–Trinajstić information content (AvgIpc) is 3.07. The lowest BCUT2D eigenvalue weighted by Crippen LogP contribution is -2.50. The van der Waals surface area contributed by atoms with E-state index in [0.717, 1.165) is 39.0 Å². The molecule has 6 heteroatoms. The molecule has 2 heterocycles. The highest BCUT2D eigenvalue weighted by molar-refractivity contribution is 5.92. The summed E-state index contributed by atoms with van der Waals surface area (Å²) >= 11 is 0. The Hall–Kier alpha value is -1.92. The molecule has 2 saturated heterocycles. The van der Waals surface area contributed by atoms with Crippen LogP contribution in [0.4, 0.5) is 4.39 Å². The van der Waals surface area contributed by atoms with Crippen molar-refractivity contribution >= 4 is 12.0 Å². The van der Waals surface area contributed by atoms with Crippen LogP contribution in [0.25, 0.3) is 6.08 Å². The predicted molar refractivity (Wildman–Crippen MR) is 103 cm³/mol. The van der Waals surface area contributed by atoms with Crippen molar-refractivity contribution in [2.75, 3.05) is 33.3 Å². The van der Waals surface area contributed by atoms with Crippen molar-refractivity contribution in [3.05, 3.63) is 35.7 Å². The van der Waals surface area contributed by atoms with Crippen molar-refractivity contribution < 1.29 is 18.7 Å². The van der Waals surface area contributed by atoms with Crippen LogP contribution < -0.4 is 4.74 Å². The maximum Gasteiger partial charge on any atom is 0.246 e. The van der Waals surface area contributed by atoms with Crippen molar-refractivity contribution in [3.8, 4) is 5.75 Å². The molecule has 0 bridgehead atoms. The zero-order valence-corrected chi connectivity index (χ0v) is 16.4. The van der Waals surface area contributed by atoms with E-state index in [0.29, 0.717) is 5.56 Å². The topological polar surface area (TPSA) is 42.0 Å². The zero-order chi connectivity index (χ0) is 19.4. The molecular formula is C21H29FN2O3. The van der Waals surface area contributed by atoms with Gasteiger partial charge >= 0.3 is 0 Å². The molecule has 3 unspecified atom stereocenters. The summed E-state index contributed by atoms with van der Waals surface area (Å²) in [5.74, 6) is -0.239. The Morgan fingerprint density at radius 2 is 2.07 bits per heavy atom. The number of methoxy groups -OCH3 is 1. The minimum absolute atomic E-state index is 0.0110. The summed E-state index contributed by atoms with van der Waals surface area (Å²) < 4.78 is 24.5. The van der Waals surface area contributed by atoms with E-state index in [4.69, 9.17) is 9.47 Å². The molecule has 2 aliphatic heterocycles. The SMILES string of the molecule is COc1ccc(C=CC(=O)N2CCCC2CN2CC(C)OC(C)C2)cc1F. The van der Waals surface area contributed by atoms with E-state index >= 15 is 0 Å². The molecule has 0 spiro atoms. The fraction of sp³-hybridized carbons (Fsp3) is 0.571.